The van der Waals surface area contributed by atoms with Crippen molar-refractivity contribution in [3.05, 3.63) is 66.4 Å². The Morgan fingerprint density at radius 2 is 1.96 bits per heavy atom. The number of benzene rings is 1. The van der Waals surface area contributed by atoms with Gasteiger partial charge >= 0.3 is 0 Å². The highest BCUT2D eigenvalue weighted by molar-refractivity contribution is 5.73. The van der Waals surface area contributed by atoms with Crippen molar-refractivity contribution >= 4 is 11.1 Å². The molecule has 0 amide bonds. The summed E-state index contributed by atoms with van der Waals surface area (Å²) >= 11 is 0. The van der Waals surface area contributed by atoms with Crippen molar-refractivity contribution < 1.29 is 9.15 Å². The summed E-state index contributed by atoms with van der Waals surface area (Å²) < 4.78 is 13.2. The summed E-state index contributed by atoms with van der Waals surface area (Å²) in [5.74, 6) is 1.75. The molecule has 0 bridgehead atoms. The van der Waals surface area contributed by atoms with Crippen molar-refractivity contribution in [2.75, 3.05) is 7.11 Å². The van der Waals surface area contributed by atoms with Crippen molar-refractivity contribution in [3.8, 4) is 28.7 Å². The van der Waals surface area contributed by atoms with Gasteiger partial charge in [-0.1, -0.05) is 6.07 Å². The normalized spacial score (nSPS) is 11.4. The predicted molar refractivity (Wildman–Crippen MR) is 104 cm³/mol. The molecule has 0 spiro atoms. The van der Waals surface area contributed by atoms with E-state index in [1.165, 1.54) is 0 Å². The lowest BCUT2D eigenvalue weighted by molar-refractivity contribution is 0.399. The lowest BCUT2D eigenvalue weighted by Gasteiger charge is -2.04. The Hall–Kier alpha value is -3.74. The third kappa shape index (κ3) is 2.87. The number of methoxy groups -OCH3 is 1. The maximum Gasteiger partial charge on any atom is 0.224 e. The maximum atomic E-state index is 5.85. The monoisotopic (exact) mass is 371 g/mol. The molecule has 0 N–H and O–H groups in total. The lowest BCUT2D eigenvalue weighted by atomic mass is 10.2. The molecule has 0 radical (unpaired) electrons. The van der Waals surface area contributed by atoms with Gasteiger partial charge in [-0.25, -0.2) is 19.9 Å². The molecule has 7 heteroatoms. The number of ether oxygens (including phenoxy) is 1. The zero-order valence-electron chi connectivity index (χ0n) is 15.5. The molecule has 2 aliphatic heterocycles. The third-order valence-corrected chi connectivity index (χ3v) is 4.54. The minimum absolute atomic E-state index is 0.507. The maximum absolute atomic E-state index is 5.85. The third-order valence-electron chi connectivity index (χ3n) is 4.54. The van der Waals surface area contributed by atoms with E-state index in [1.807, 2.05) is 60.3 Å². The van der Waals surface area contributed by atoms with Crippen molar-refractivity contribution in [2.24, 2.45) is 0 Å². The SMILES string of the molecule is COc1ncccc1-c1nc2ccn(Cc3nc4cc(C)ccc4o3)cc-2n1. The summed E-state index contributed by atoms with van der Waals surface area (Å²) in [6.07, 6.45) is 5.57. The average molecular weight is 371 g/mol. The molecule has 28 heavy (non-hydrogen) atoms. The number of rotatable bonds is 4. The zero-order chi connectivity index (χ0) is 19.1. The molecule has 0 unspecified atom stereocenters. The van der Waals surface area contributed by atoms with Crippen LogP contribution < -0.4 is 4.74 Å². The van der Waals surface area contributed by atoms with Crippen LogP contribution in [0, 0.1) is 6.92 Å². The van der Waals surface area contributed by atoms with E-state index in [0.717, 1.165) is 33.6 Å². The van der Waals surface area contributed by atoms with Crippen molar-refractivity contribution in [3.63, 3.8) is 0 Å². The number of hydrogen-bond acceptors (Lipinski definition) is 6. The quantitative estimate of drug-likeness (QED) is 0.476. The molecule has 7 nitrogen and oxygen atoms in total. The molecular weight excluding hydrogens is 354 g/mol. The number of aryl methyl sites for hydroxylation is 1. The van der Waals surface area contributed by atoms with Crippen LogP contribution >= 0.6 is 0 Å². The summed E-state index contributed by atoms with van der Waals surface area (Å²) in [4.78, 5) is 18.0. The molecule has 2 aromatic heterocycles. The summed E-state index contributed by atoms with van der Waals surface area (Å²) in [6.45, 7) is 2.56. The largest absolute Gasteiger partial charge is 0.480 e. The van der Waals surface area contributed by atoms with E-state index in [4.69, 9.17) is 9.15 Å². The summed E-state index contributed by atoms with van der Waals surface area (Å²) in [7, 11) is 1.59. The van der Waals surface area contributed by atoms with Crippen LogP contribution in [0.4, 0.5) is 0 Å². The zero-order valence-corrected chi connectivity index (χ0v) is 15.5. The Labute approximate surface area is 161 Å². The molecule has 2 aliphatic rings. The van der Waals surface area contributed by atoms with Gasteiger partial charge in [0.15, 0.2) is 11.4 Å². The molecule has 0 saturated carbocycles. The molecule has 0 aliphatic carbocycles. The van der Waals surface area contributed by atoms with Gasteiger partial charge in [0.1, 0.15) is 11.2 Å². The summed E-state index contributed by atoms with van der Waals surface area (Å²) in [5, 5.41) is 0. The second-order valence-corrected chi connectivity index (χ2v) is 6.57. The highest BCUT2D eigenvalue weighted by atomic mass is 16.5. The smallest absolute Gasteiger partial charge is 0.224 e. The number of hydrogen-bond donors (Lipinski definition) is 0. The number of fused-ring (bicyclic) bond motifs is 2. The van der Waals surface area contributed by atoms with E-state index in [0.29, 0.717) is 24.1 Å². The molecule has 138 valence electrons. The van der Waals surface area contributed by atoms with E-state index in [2.05, 4.69) is 19.9 Å². The van der Waals surface area contributed by atoms with Crippen molar-refractivity contribution in [1.82, 2.24) is 24.5 Å². The first-order valence-corrected chi connectivity index (χ1v) is 8.88. The van der Waals surface area contributed by atoms with Crippen LogP contribution in [-0.2, 0) is 6.54 Å². The fraction of sp³-hybridized carbons (Fsp3) is 0.143. The second-order valence-electron chi connectivity index (χ2n) is 6.57. The first-order chi connectivity index (χ1) is 13.7. The van der Waals surface area contributed by atoms with E-state index in [1.54, 1.807) is 13.3 Å². The first-order valence-electron chi connectivity index (χ1n) is 8.88. The molecular formula is C21H17N5O2. The van der Waals surface area contributed by atoms with Crippen LogP contribution in [0.15, 0.2) is 59.4 Å². The van der Waals surface area contributed by atoms with Crippen LogP contribution in [0.5, 0.6) is 5.88 Å². The molecule has 0 saturated heterocycles. The minimum atomic E-state index is 0.507. The van der Waals surface area contributed by atoms with Gasteiger partial charge in [-0.05, 0) is 42.8 Å². The Kier molecular flexibility index (Phi) is 3.79. The second kappa shape index (κ2) is 6.45. The Morgan fingerprint density at radius 1 is 1.07 bits per heavy atom. The molecule has 5 rings (SSSR count). The van der Waals surface area contributed by atoms with Gasteiger partial charge in [-0.2, -0.15) is 0 Å². The number of oxazole rings is 1. The molecule has 0 fully saturated rings. The lowest BCUT2D eigenvalue weighted by Crippen LogP contribution is -2.01. The van der Waals surface area contributed by atoms with Gasteiger partial charge in [0.05, 0.1) is 24.9 Å². The van der Waals surface area contributed by atoms with E-state index in [-0.39, 0.29) is 0 Å². The number of nitrogens with zero attached hydrogens (tertiary/aromatic N) is 5. The van der Waals surface area contributed by atoms with Gasteiger partial charge in [0, 0.05) is 18.6 Å². The number of imidazole rings is 1. The number of pyridine rings is 2. The van der Waals surface area contributed by atoms with Gasteiger partial charge < -0.3 is 13.7 Å². The summed E-state index contributed by atoms with van der Waals surface area (Å²) in [6, 6.07) is 11.7. The average Bonchev–Trinajstić information content (AvgIpc) is 3.30. The first kappa shape index (κ1) is 16.4. The number of aromatic nitrogens is 5. The van der Waals surface area contributed by atoms with Crippen LogP contribution in [0.1, 0.15) is 11.5 Å². The van der Waals surface area contributed by atoms with Gasteiger partial charge in [-0.3, -0.25) is 0 Å². The van der Waals surface area contributed by atoms with E-state index < -0.39 is 0 Å². The molecule has 3 aromatic rings. The highest BCUT2D eigenvalue weighted by Gasteiger charge is 2.16. The molecule has 0 atom stereocenters. The van der Waals surface area contributed by atoms with Crippen LogP contribution in [0.25, 0.3) is 33.9 Å². The van der Waals surface area contributed by atoms with Crippen LogP contribution in [-0.4, -0.2) is 31.6 Å². The fourth-order valence-corrected chi connectivity index (χ4v) is 3.20. The Morgan fingerprint density at radius 3 is 2.86 bits per heavy atom. The Bertz CT molecular complexity index is 1260. The van der Waals surface area contributed by atoms with Gasteiger partial charge in [0.25, 0.3) is 0 Å². The molecule has 4 heterocycles. The highest BCUT2D eigenvalue weighted by Crippen LogP contribution is 2.29. The Balaban J connectivity index is 1.48. The predicted octanol–water partition coefficient (Wildman–Crippen LogP) is 3.95. The standard InChI is InChI=1S/C21H17N5O2/c1-13-5-6-18-16(10-13)23-19(28-18)12-26-9-7-15-17(11-26)25-20(24-15)14-4-3-8-22-21(14)27-2/h3-11H,12H2,1-2H3. The van der Waals surface area contributed by atoms with Gasteiger partial charge in [0.2, 0.25) is 11.8 Å². The van der Waals surface area contributed by atoms with E-state index in [9.17, 15) is 0 Å². The topological polar surface area (TPSA) is 78.9 Å². The van der Waals surface area contributed by atoms with Crippen LogP contribution in [0.3, 0.4) is 0 Å². The van der Waals surface area contributed by atoms with Gasteiger partial charge in [-0.15, -0.1) is 0 Å². The van der Waals surface area contributed by atoms with Crippen molar-refractivity contribution in [1.29, 1.82) is 0 Å². The molecule has 1 aromatic carbocycles. The minimum Gasteiger partial charge on any atom is -0.480 e. The van der Waals surface area contributed by atoms with E-state index >= 15 is 0 Å². The fourth-order valence-electron chi connectivity index (χ4n) is 3.20. The summed E-state index contributed by atoms with van der Waals surface area (Å²) in [5.41, 5.74) is 5.19. The van der Waals surface area contributed by atoms with Crippen LogP contribution in [0.2, 0.25) is 0 Å². The van der Waals surface area contributed by atoms with Crippen molar-refractivity contribution in [2.45, 2.75) is 13.5 Å².